The standard InChI is InChI=1S/C7H13O8P/c1-4(8)14-5-2-7(9)15-6(5)3-13-16(10,11)12/h5-7,9H,2-3H2,1H3,(H2,10,11,12)/t5-,6+,7?/m0/s1. The minimum Gasteiger partial charge on any atom is -0.459 e. The van der Waals surface area contributed by atoms with Crippen LogP contribution in [0.5, 0.6) is 0 Å². The third-order valence-corrected chi connectivity index (χ3v) is 2.39. The largest absolute Gasteiger partial charge is 0.469 e. The van der Waals surface area contributed by atoms with E-state index in [9.17, 15) is 9.36 Å². The molecular formula is C7H13O8P. The molecule has 1 heterocycles. The molecule has 0 aliphatic carbocycles. The summed E-state index contributed by atoms with van der Waals surface area (Å²) in [5.41, 5.74) is 0. The van der Waals surface area contributed by atoms with E-state index in [1.54, 1.807) is 0 Å². The monoisotopic (exact) mass is 256 g/mol. The van der Waals surface area contributed by atoms with Gasteiger partial charge >= 0.3 is 13.8 Å². The second kappa shape index (κ2) is 5.22. The van der Waals surface area contributed by atoms with Crippen LogP contribution in [0.1, 0.15) is 13.3 Å². The molecule has 3 atom stereocenters. The summed E-state index contributed by atoms with van der Waals surface area (Å²) >= 11 is 0. The molecule has 3 N–H and O–H groups in total. The Bertz CT molecular complexity index is 299. The molecule has 16 heavy (non-hydrogen) atoms. The zero-order chi connectivity index (χ0) is 12.3. The van der Waals surface area contributed by atoms with Crippen molar-refractivity contribution in [3.63, 3.8) is 0 Å². The average molecular weight is 256 g/mol. The number of carbonyl (C=O) groups is 1. The van der Waals surface area contributed by atoms with Gasteiger partial charge in [-0.05, 0) is 0 Å². The summed E-state index contributed by atoms with van der Waals surface area (Å²) in [4.78, 5) is 27.6. The first-order chi connectivity index (χ1) is 7.28. The second-order valence-electron chi connectivity index (χ2n) is 3.30. The van der Waals surface area contributed by atoms with Gasteiger partial charge in [0, 0.05) is 13.3 Å². The summed E-state index contributed by atoms with van der Waals surface area (Å²) in [5, 5.41) is 9.15. The molecule has 1 fully saturated rings. The van der Waals surface area contributed by atoms with Crippen molar-refractivity contribution >= 4 is 13.8 Å². The minimum absolute atomic E-state index is 0.0504. The molecule has 1 rings (SSSR count). The molecule has 0 bridgehead atoms. The molecular weight excluding hydrogens is 243 g/mol. The lowest BCUT2D eigenvalue weighted by atomic mass is 10.2. The molecule has 94 valence electrons. The molecule has 1 unspecified atom stereocenters. The maximum absolute atomic E-state index is 10.7. The molecule has 1 aliphatic heterocycles. The lowest BCUT2D eigenvalue weighted by molar-refractivity contribution is -0.151. The predicted molar refractivity (Wildman–Crippen MR) is 49.0 cm³/mol. The molecule has 0 aromatic carbocycles. The third-order valence-electron chi connectivity index (χ3n) is 1.90. The fourth-order valence-electron chi connectivity index (χ4n) is 1.35. The zero-order valence-electron chi connectivity index (χ0n) is 8.48. The molecule has 0 aromatic rings. The number of esters is 1. The van der Waals surface area contributed by atoms with Gasteiger partial charge < -0.3 is 24.4 Å². The van der Waals surface area contributed by atoms with Gasteiger partial charge in [-0.25, -0.2) is 4.57 Å². The Morgan fingerprint density at radius 1 is 1.56 bits per heavy atom. The summed E-state index contributed by atoms with van der Waals surface area (Å²) in [6.45, 7) is 0.727. The Labute approximate surface area is 91.4 Å². The molecule has 8 nitrogen and oxygen atoms in total. The third kappa shape index (κ3) is 4.56. The normalized spacial score (nSPS) is 30.4. The van der Waals surface area contributed by atoms with Crippen LogP contribution >= 0.6 is 7.82 Å². The van der Waals surface area contributed by atoms with E-state index < -0.39 is 38.9 Å². The van der Waals surface area contributed by atoms with Crippen molar-refractivity contribution < 1.29 is 38.3 Å². The number of hydrogen-bond acceptors (Lipinski definition) is 6. The first-order valence-corrected chi connectivity index (χ1v) is 6.02. The Morgan fingerprint density at radius 2 is 2.19 bits per heavy atom. The summed E-state index contributed by atoms with van der Waals surface area (Å²) in [6.07, 6.45) is -2.73. The molecule has 1 saturated heterocycles. The van der Waals surface area contributed by atoms with Crippen molar-refractivity contribution in [3.8, 4) is 0 Å². The van der Waals surface area contributed by atoms with Crippen molar-refractivity contribution in [2.45, 2.75) is 31.8 Å². The van der Waals surface area contributed by atoms with Crippen molar-refractivity contribution in [2.75, 3.05) is 6.61 Å². The number of phosphoric acid groups is 1. The highest BCUT2D eigenvalue weighted by Crippen LogP contribution is 2.37. The van der Waals surface area contributed by atoms with E-state index in [0.29, 0.717) is 0 Å². The fourth-order valence-corrected chi connectivity index (χ4v) is 1.69. The van der Waals surface area contributed by atoms with Crippen LogP contribution in [-0.4, -0.2) is 46.0 Å². The predicted octanol–water partition coefficient (Wildman–Crippen LogP) is -0.865. The van der Waals surface area contributed by atoms with Gasteiger partial charge in [-0.3, -0.25) is 9.32 Å². The van der Waals surface area contributed by atoms with Gasteiger partial charge in [0.2, 0.25) is 0 Å². The molecule has 9 heteroatoms. The number of phosphoric ester groups is 1. The Morgan fingerprint density at radius 3 is 2.69 bits per heavy atom. The van der Waals surface area contributed by atoms with Crippen molar-refractivity contribution in [2.24, 2.45) is 0 Å². The summed E-state index contributed by atoms with van der Waals surface area (Å²) < 4.78 is 24.3. The van der Waals surface area contributed by atoms with Crippen LogP contribution < -0.4 is 0 Å². The van der Waals surface area contributed by atoms with Crippen LogP contribution in [0, 0.1) is 0 Å². The van der Waals surface area contributed by atoms with Gasteiger partial charge in [0.05, 0.1) is 6.61 Å². The smallest absolute Gasteiger partial charge is 0.459 e. The minimum atomic E-state index is -4.60. The lowest BCUT2D eigenvalue weighted by Gasteiger charge is -2.17. The number of rotatable bonds is 4. The van der Waals surface area contributed by atoms with E-state index in [2.05, 4.69) is 4.52 Å². The summed E-state index contributed by atoms with van der Waals surface area (Å²) in [6, 6.07) is 0. The molecule has 1 aliphatic rings. The highest BCUT2D eigenvalue weighted by atomic mass is 31.2. The Kier molecular flexibility index (Phi) is 4.43. The Hall–Kier alpha value is -0.500. The number of aliphatic hydroxyl groups is 1. The van der Waals surface area contributed by atoms with E-state index in [0.717, 1.165) is 0 Å². The van der Waals surface area contributed by atoms with E-state index in [-0.39, 0.29) is 6.42 Å². The molecule has 0 aromatic heterocycles. The maximum atomic E-state index is 10.7. The quantitative estimate of drug-likeness (QED) is 0.438. The summed E-state index contributed by atoms with van der Waals surface area (Å²) in [5.74, 6) is -0.566. The van der Waals surface area contributed by atoms with Crippen LogP contribution in [0.2, 0.25) is 0 Å². The van der Waals surface area contributed by atoms with E-state index in [4.69, 9.17) is 24.4 Å². The van der Waals surface area contributed by atoms with Crippen molar-refractivity contribution in [1.29, 1.82) is 0 Å². The van der Waals surface area contributed by atoms with E-state index in [1.165, 1.54) is 6.92 Å². The van der Waals surface area contributed by atoms with Gasteiger partial charge in [0.15, 0.2) is 6.29 Å². The van der Waals surface area contributed by atoms with E-state index in [1.807, 2.05) is 0 Å². The lowest BCUT2D eigenvalue weighted by Crippen LogP contribution is -2.30. The number of carbonyl (C=O) groups excluding carboxylic acids is 1. The number of hydrogen-bond donors (Lipinski definition) is 3. The van der Waals surface area contributed by atoms with Gasteiger partial charge in [0.25, 0.3) is 0 Å². The van der Waals surface area contributed by atoms with Crippen LogP contribution in [0.3, 0.4) is 0 Å². The maximum Gasteiger partial charge on any atom is 0.469 e. The molecule has 0 saturated carbocycles. The van der Waals surface area contributed by atoms with Gasteiger partial charge in [-0.1, -0.05) is 0 Å². The molecule has 0 spiro atoms. The van der Waals surface area contributed by atoms with Gasteiger partial charge in [0.1, 0.15) is 12.2 Å². The Balaban J connectivity index is 2.49. The number of aliphatic hydroxyl groups excluding tert-OH is 1. The summed E-state index contributed by atoms with van der Waals surface area (Å²) in [7, 11) is -4.60. The average Bonchev–Trinajstić information content (AvgIpc) is 2.40. The number of ether oxygens (including phenoxy) is 2. The first kappa shape index (κ1) is 13.6. The first-order valence-electron chi connectivity index (χ1n) is 4.49. The molecule has 0 amide bonds. The van der Waals surface area contributed by atoms with Crippen LogP contribution in [-0.2, 0) is 23.4 Å². The highest BCUT2D eigenvalue weighted by molar-refractivity contribution is 7.46. The van der Waals surface area contributed by atoms with Crippen LogP contribution in [0.4, 0.5) is 0 Å². The van der Waals surface area contributed by atoms with Crippen LogP contribution in [0.15, 0.2) is 0 Å². The van der Waals surface area contributed by atoms with Crippen LogP contribution in [0.25, 0.3) is 0 Å². The fraction of sp³-hybridized carbons (Fsp3) is 0.857. The second-order valence-corrected chi connectivity index (χ2v) is 4.54. The molecule has 0 radical (unpaired) electrons. The van der Waals surface area contributed by atoms with Crippen molar-refractivity contribution in [3.05, 3.63) is 0 Å². The van der Waals surface area contributed by atoms with Crippen molar-refractivity contribution in [1.82, 2.24) is 0 Å². The topological polar surface area (TPSA) is 123 Å². The zero-order valence-corrected chi connectivity index (χ0v) is 9.37. The highest BCUT2D eigenvalue weighted by Gasteiger charge is 2.38. The van der Waals surface area contributed by atoms with Gasteiger partial charge in [-0.15, -0.1) is 0 Å². The van der Waals surface area contributed by atoms with Gasteiger partial charge in [-0.2, -0.15) is 0 Å². The SMILES string of the molecule is CC(=O)O[C@H]1CC(O)O[C@@H]1COP(=O)(O)O. The van der Waals surface area contributed by atoms with E-state index >= 15 is 0 Å².